The van der Waals surface area contributed by atoms with E-state index in [1.807, 2.05) is 10.7 Å². The van der Waals surface area contributed by atoms with Gasteiger partial charge in [0.15, 0.2) is 17.1 Å². The highest BCUT2D eigenvalue weighted by Gasteiger charge is 2.20. The fourth-order valence-electron chi connectivity index (χ4n) is 4.01. The van der Waals surface area contributed by atoms with Gasteiger partial charge in [0, 0.05) is 37.9 Å². The molecule has 0 aliphatic carbocycles. The van der Waals surface area contributed by atoms with Crippen LogP contribution >= 0.6 is 11.6 Å². The molecule has 0 atom stereocenters. The molecule has 0 fully saturated rings. The third-order valence-electron chi connectivity index (χ3n) is 5.55. The van der Waals surface area contributed by atoms with Gasteiger partial charge in [-0.05, 0) is 23.8 Å². The van der Waals surface area contributed by atoms with Crippen molar-refractivity contribution in [2.24, 2.45) is 0 Å². The molecule has 1 aliphatic heterocycles. The van der Waals surface area contributed by atoms with Crippen LogP contribution in [0.3, 0.4) is 0 Å². The van der Waals surface area contributed by atoms with Gasteiger partial charge in [0.1, 0.15) is 0 Å². The Morgan fingerprint density at radius 3 is 2.97 bits per heavy atom. The van der Waals surface area contributed by atoms with Gasteiger partial charge in [-0.3, -0.25) is 9.88 Å². The van der Waals surface area contributed by atoms with E-state index in [9.17, 15) is 0 Å². The van der Waals surface area contributed by atoms with E-state index >= 15 is 0 Å². The van der Waals surface area contributed by atoms with Crippen molar-refractivity contribution in [2.75, 3.05) is 18.8 Å². The molecule has 0 aromatic carbocycles. The molecule has 5 aromatic rings. The molecule has 0 bridgehead atoms. The molecule has 0 radical (unpaired) electrons. The van der Waals surface area contributed by atoms with Crippen molar-refractivity contribution in [1.82, 2.24) is 39.2 Å². The van der Waals surface area contributed by atoms with Gasteiger partial charge >= 0.3 is 0 Å². The van der Waals surface area contributed by atoms with Crippen molar-refractivity contribution in [3.05, 3.63) is 53.1 Å². The van der Waals surface area contributed by atoms with E-state index in [1.165, 1.54) is 10.1 Å². The molecule has 5 aromatic heterocycles. The summed E-state index contributed by atoms with van der Waals surface area (Å²) in [5.74, 6) is 1.28. The summed E-state index contributed by atoms with van der Waals surface area (Å²) in [5, 5.41) is 10.4. The van der Waals surface area contributed by atoms with Crippen LogP contribution < -0.4 is 5.73 Å². The zero-order valence-electron chi connectivity index (χ0n) is 16.4. The smallest absolute Gasteiger partial charge is 0.225 e. The Morgan fingerprint density at radius 1 is 1.16 bits per heavy atom. The number of pyridine rings is 1. The van der Waals surface area contributed by atoms with Crippen molar-refractivity contribution in [1.29, 1.82) is 0 Å². The van der Waals surface area contributed by atoms with Crippen molar-refractivity contribution in [2.45, 2.75) is 19.5 Å². The molecule has 1 aliphatic rings. The van der Waals surface area contributed by atoms with Crippen LogP contribution in [0, 0.1) is 0 Å². The molecule has 6 rings (SSSR count). The number of rotatable bonds is 4. The molecule has 2 N–H and O–H groups in total. The number of nitrogens with two attached hydrogens (primary N) is 1. The lowest BCUT2D eigenvalue weighted by Crippen LogP contribution is -2.33. The first-order valence-corrected chi connectivity index (χ1v) is 10.3. The Bertz CT molecular complexity index is 1410. The van der Waals surface area contributed by atoms with Crippen LogP contribution in [-0.2, 0) is 19.5 Å². The summed E-state index contributed by atoms with van der Waals surface area (Å²) in [4.78, 5) is 15.9. The van der Waals surface area contributed by atoms with Crippen LogP contribution in [0.1, 0.15) is 11.3 Å². The zero-order chi connectivity index (χ0) is 20.9. The molecule has 10 nitrogen and oxygen atoms in total. The maximum atomic E-state index is 6.17. The quantitative estimate of drug-likeness (QED) is 0.457. The number of hydrogen-bond acceptors (Lipinski definition) is 8. The van der Waals surface area contributed by atoms with E-state index in [0.717, 1.165) is 37.1 Å². The maximum Gasteiger partial charge on any atom is 0.225 e. The summed E-state index contributed by atoms with van der Waals surface area (Å²) in [7, 11) is 0. The molecule has 6 heterocycles. The third-order valence-corrected chi connectivity index (χ3v) is 5.76. The molecule has 11 heteroatoms. The van der Waals surface area contributed by atoms with Gasteiger partial charge in [-0.1, -0.05) is 11.6 Å². The maximum absolute atomic E-state index is 6.17. The first-order valence-electron chi connectivity index (χ1n) is 9.93. The van der Waals surface area contributed by atoms with Crippen LogP contribution in [0.5, 0.6) is 0 Å². The minimum absolute atomic E-state index is 0.252. The number of hydrogen-bond donors (Lipinski definition) is 1. The number of nitrogen functional groups attached to an aromatic ring is 1. The number of halogens is 1. The second-order valence-electron chi connectivity index (χ2n) is 7.51. The van der Waals surface area contributed by atoms with E-state index in [4.69, 9.17) is 21.8 Å². The lowest BCUT2D eigenvalue weighted by Gasteiger charge is -2.28. The average molecular weight is 436 g/mol. The molecule has 31 heavy (non-hydrogen) atoms. The molecule has 0 saturated carbocycles. The Hall–Kier alpha value is -3.50. The van der Waals surface area contributed by atoms with Gasteiger partial charge in [0.05, 0.1) is 29.4 Å². The summed E-state index contributed by atoms with van der Waals surface area (Å²) >= 11 is 6.11. The van der Waals surface area contributed by atoms with Gasteiger partial charge in [0.2, 0.25) is 11.8 Å². The molecule has 0 unspecified atom stereocenters. The van der Waals surface area contributed by atoms with Crippen LogP contribution in [0.15, 0.2) is 41.3 Å². The lowest BCUT2D eigenvalue weighted by atomic mass is 10.1. The molecule has 0 spiro atoms. The van der Waals surface area contributed by atoms with E-state index in [-0.39, 0.29) is 5.95 Å². The van der Waals surface area contributed by atoms with Crippen LogP contribution in [0.2, 0.25) is 5.02 Å². The number of furan rings is 1. The van der Waals surface area contributed by atoms with Crippen LogP contribution in [0.4, 0.5) is 5.95 Å². The van der Waals surface area contributed by atoms with Crippen LogP contribution in [0.25, 0.3) is 28.3 Å². The SMILES string of the molecule is Nc1nc2c(cnn2CCN2CCc3ncc(Cl)cc3C2)c2nc(-c3ccco3)nn12. The summed E-state index contributed by atoms with van der Waals surface area (Å²) in [6.07, 6.45) is 5.96. The van der Waals surface area contributed by atoms with Gasteiger partial charge < -0.3 is 10.2 Å². The zero-order valence-corrected chi connectivity index (χ0v) is 17.2. The summed E-state index contributed by atoms with van der Waals surface area (Å²) in [6.45, 7) is 3.25. The third kappa shape index (κ3) is 3.11. The highest BCUT2D eigenvalue weighted by atomic mass is 35.5. The molecular weight excluding hydrogens is 418 g/mol. The Kier molecular flexibility index (Phi) is 4.15. The monoisotopic (exact) mass is 435 g/mol. The van der Waals surface area contributed by atoms with Crippen molar-refractivity contribution < 1.29 is 4.42 Å². The predicted octanol–water partition coefficient (Wildman–Crippen LogP) is 2.42. The topological polar surface area (TPSA) is 116 Å². The molecule has 156 valence electrons. The van der Waals surface area contributed by atoms with E-state index in [2.05, 4.69) is 30.0 Å². The summed E-state index contributed by atoms with van der Waals surface area (Å²) < 4.78 is 8.78. The van der Waals surface area contributed by atoms with Crippen molar-refractivity contribution in [3.63, 3.8) is 0 Å². The first-order chi connectivity index (χ1) is 15.2. The van der Waals surface area contributed by atoms with E-state index in [0.29, 0.717) is 34.4 Å². The predicted molar refractivity (Wildman–Crippen MR) is 114 cm³/mol. The van der Waals surface area contributed by atoms with Gasteiger partial charge in [-0.25, -0.2) is 9.67 Å². The van der Waals surface area contributed by atoms with Gasteiger partial charge in [0.25, 0.3) is 0 Å². The fraction of sp³-hybridized carbons (Fsp3) is 0.250. The number of nitrogens with zero attached hydrogens (tertiary/aromatic N) is 8. The Morgan fingerprint density at radius 2 is 2.10 bits per heavy atom. The number of anilines is 1. The number of fused-ring (bicyclic) bond motifs is 4. The largest absolute Gasteiger partial charge is 0.461 e. The number of aromatic nitrogens is 7. The first kappa shape index (κ1) is 18.3. The Labute approximate surface area is 181 Å². The standard InChI is InChI=1S/C20H18ClN9O/c21-13-8-12-11-28(4-3-15(12)23-9-13)5-6-29-18-14(10-24-29)19-25-17(16-2-1-7-31-16)27-30(19)20(22)26-18/h1-2,7-10H,3-6,11H2,(H2,22,26). The average Bonchev–Trinajstić information content (AvgIpc) is 3.51. The van der Waals surface area contributed by atoms with Gasteiger partial charge in [-0.2, -0.15) is 14.6 Å². The van der Waals surface area contributed by atoms with Crippen molar-refractivity contribution in [3.8, 4) is 11.6 Å². The Balaban J connectivity index is 1.28. The molecular formula is C20H18ClN9O. The van der Waals surface area contributed by atoms with E-state index < -0.39 is 0 Å². The van der Waals surface area contributed by atoms with Crippen molar-refractivity contribution >= 4 is 34.2 Å². The second kappa shape index (κ2) is 7.03. The normalized spacial score (nSPS) is 14.5. The van der Waals surface area contributed by atoms with Gasteiger partial charge in [-0.15, -0.1) is 5.10 Å². The highest BCUT2D eigenvalue weighted by Crippen LogP contribution is 2.24. The fourth-order valence-corrected chi connectivity index (χ4v) is 4.19. The summed E-state index contributed by atoms with van der Waals surface area (Å²) in [6, 6.07) is 5.60. The molecule has 0 amide bonds. The minimum atomic E-state index is 0.252. The highest BCUT2D eigenvalue weighted by molar-refractivity contribution is 6.30. The van der Waals surface area contributed by atoms with Crippen LogP contribution in [-0.4, -0.2) is 52.3 Å². The minimum Gasteiger partial charge on any atom is -0.461 e. The summed E-state index contributed by atoms with van der Waals surface area (Å²) in [5.41, 5.74) is 9.77. The van der Waals surface area contributed by atoms with E-state index in [1.54, 1.807) is 30.8 Å². The second-order valence-corrected chi connectivity index (χ2v) is 7.95. The molecule has 0 saturated heterocycles. The lowest BCUT2D eigenvalue weighted by molar-refractivity contribution is 0.239.